The van der Waals surface area contributed by atoms with Crippen molar-refractivity contribution >= 4 is 31.9 Å². The van der Waals surface area contributed by atoms with Crippen LogP contribution in [0.15, 0.2) is 45.3 Å². The van der Waals surface area contributed by atoms with Gasteiger partial charge in [0.2, 0.25) is 0 Å². The zero-order valence-corrected chi connectivity index (χ0v) is 10.8. The van der Waals surface area contributed by atoms with E-state index in [4.69, 9.17) is 4.74 Å². The average molecular weight is 326 g/mol. The smallest absolute Gasteiger partial charge is 0.185 e. The highest BCUT2D eigenvalue weighted by Gasteiger charge is 2.28. The van der Waals surface area contributed by atoms with E-state index in [1.807, 2.05) is 18.2 Å². The highest BCUT2D eigenvalue weighted by atomic mass is 79.9. The van der Waals surface area contributed by atoms with Crippen LogP contribution in [-0.2, 0) is 0 Å². The molecule has 0 saturated heterocycles. The lowest BCUT2D eigenvalue weighted by atomic mass is 10.1. The van der Waals surface area contributed by atoms with Gasteiger partial charge >= 0.3 is 0 Å². The van der Waals surface area contributed by atoms with Crippen molar-refractivity contribution in [2.45, 2.75) is 0 Å². The fourth-order valence-corrected chi connectivity index (χ4v) is 2.59. The van der Waals surface area contributed by atoms with E-state index in [-0.39, 0.29) is 0 Å². The molecule has 3 rings (SSSR count). The first-order valence-electron chi connectivity index (χ1n) is 4.52. The summed E-state index contributed by atoms with van der Waals surface area (Å²) in [6, 6.07) is 12.3. The molecule has 1 aliphatic rings. The van der Waals surface area contributed by atoms with Gasteiger partial charge in [0.15, 0.2) is 11.5 Å². The molecular formula is C12H6Br2O. The van der Waals surface area contributed by atoms with Crippen molar-refractivity contribution in [3.63, 3.8) is 0 Å². The van der Waals surface area contributed by atoms with Crippen molar-refractivity contribution in [3.05, 3.63) is 45.3 Å². The van der Waals surface area contributed by atoms with E-state index in [0.717, 1.165) is 26.0 Å². The van der Waals surface area contributed by atoms with Crippen LogP contribution >= 0.6 is 31.9 Å². The molecule has 74 valence electrons. The summed E-state index contributed by atoms with van der Waals surface area (Å²) in [7, 11) is 0. The molecule has 0 aromatic heterocycles. The molecule has 0 N–H and O–H groups in total. The van der Waals surface area contributed by atoms with Crippen molar-refractivity contribution in [1.82, 2.24) is 0 Å². The van der Waals surface area contributed by atoms with Crippen LogP contribution in [-0.4, -0.2) is 0 Å². The fraction of sp³-hybridized carbons (Fsp3) is 0. The van der Waals surface area contributed by atoms with Gasteiger partial charge in [-0.15, -0.1) is 0 Å². The number of benzene rings is 2. The molecule has 1 heterocycles. The molecule has 0 amide bonds. The van der Waals surface area contributed by atoms with Crippen molar-refractivity contribution in [1.29, 1.82) is 0 Å². The van der Waals surface area contributed by atoms with Crippen molar-refractivity contribution < 1.29 is 4.74 Å². The van der Waals surface area contributed by atoms with Crippen LogP contribution in [0.4, 0.5) is 0 Å². The third-order valence-corrected chi connectivity index (χ3v) is 4.50. The minimum Gasteiger partial charge on any atom is -0.448 e. The summed E-state index contributed by atoms with van der Waals surface area (Å²) in [5.41, 5.74) is 2.34. The second kappa shape index (κ2) is 3.35. The Bertz CT molecular complexity index is 535. The zero-order chi connectivity index (χ0) is 10.4. The van der Waals surface area contributed by atoms with Gasteiger partial charge in [-0.25, -0.2) is 0 Å². The molecule has 0 radical (unpaired) electrons. The summed E-state index contributed by atoms with van der Waals surface area (Å²) in [4.78, 5) is 0. The highest BCUT2D eigenvalue weighted by molar-refractivity contribution is 9.13. The summed E-state index contributed by atoms with van der Waals surface area (Å²) in [6.07, 6.45) is 0. The SMILES string of the molecule is Brc1c(-c2ccccc2)cc2c(c1Br)O2. The molecule has 3 heteroatoms. The van der Waals surface area contributed by atoms with Gasteiger partial charge in [0.25, 0.3) is 0 Å². The lowest BCUT2D eigenvalue weighted by Gasteiger charge is -2.03. The van der Waals surface area contributed by atoms with Gasteiger partial charge in [0.05, 0.1) is 4.47 Å². The maximum absolute atomic E-state index is 5.33. The van der Waals surface area contributed by atoms with Crippen molar-refractivity contribution in [2.24, 2.45) is 0 Å². The minimum atomic E-state index is 0.946. The molecule has 15 heavy (non-hydrogen) atoms. The van der Waals surface area contributed by atoms with Crippen LogP contribution in [0.1, 0.15) is 0 Å². The molecule has 0 bridgehead atoms. The van der Waals surface area contributed by atoms with Gasteiger partial charge in [0.1, 0.15) is 0 Å². The van der Waals surface area contributed by atoms with Crippen LogP contribution in [0, 0.1) is 0 Å². The number of hydrogen-bond donors (Lipinski definition) is 0. The first-order valence-corrected chi connectivity index (χ1v) is 6.11. The molecule has 1 nitrogen and oxygen atoms in total. The first kappa shape index (κ1) is 9.43. The van der Waals surface area contributed by atoms with Crippen LogP contribution in [0.3, 0.4) is 0 Å². The Morgan fingerprint density at radius 3 is 2.40 bits per heavy atom. The molecule has 2 aromatic carbocycles. The Kier molecular flexibility index (Phi) is 2.11. The lowest BCUT2D eigenvalue weighted by Crippen LogP contribution is -1.77. The summed E-state index contributed by atoms with van der Waals surface area (Å²) >= 11 is 7.08. The molecule has 0 spiro atoms. The molecule has 2 aromatic rings. The Hall–Kier alpha value is -0.800. The molecule has 0 fully saturated rings. The van der Waals surface area contributed by atoms with Crippen molar-refractivity contribution in [3.8, 4) is 22.6 Å². The van der Waals surface area contributed by atoms with E-state index < -0.39 is 0 Å². The second-order valence-electron chi connectivity index (χ2n) is 3.35. The fourth-order valence-electron chi connectivity index (χ4n) is 1.57. The number of rotatable bonds is 1. The predicted octanol–water partition coefficient (Wildman–Crippen LogP) is 4.98. The molecule has 0 saturated carbocycles. The van der Waals surface area contributed by atoms with E-state index in [0.29, 0.717) is 0 Å². The van der Waals surface area contributed by atoms with Gasteiger partial charge in [0, 0.05) is 10.0 Å². The van der Waals surface area contributed by atoms with Gasteiger partial charge in [-0.3, -0.25) is 0 Å². The summed E-state index contributed by atoms with van der Waals surface area (Å²) in [5.74, 6) is 1.91. The van der Waals surface area contributed by atoms with Crippen LogP contribution in [0.2, 0.25) is 0 Å². The Morgan fingerprint density at radius 1 is 0.933 bits per heavy atom. The maximum atomic E-state index is 5.33. The van der Waals surface area contributed by atoms with Crippen molar-refractivity contribution in [2.75, 3.05) is 0 Å². The monoisotopic (exact) mass is 324 g/mol. The van der Waals surface area contributed by atoms with E-state index in [2.05, 4.69) is 50.1 Å². The zero-order valence-electron chi connectivity index (χ0n) is 7.63. The second-order valence-corrected chi connectivity index (χ2v) is 4.93. The standard InChI is InChI=1S/C12H6Br2O/c13-10-8(7-4-2-1-3-5-7)6-9-12(15-9)11(10)14/h1-6H. The summed E-state index contributed by atoms with van der Waals surface area (Å²) < 4.78 is 7.38. The third-order valence-electron chi connectivity index (χ3n) is 2.38. The number of halogens is 2. The van der Waals surface area contributed by atoms with Gasteiger partial charge < -0.3 is 4.74 Å². The Balaban J connectivity index is 2.23. The average Bonchev–Trinajstić information content (AvgIpc) is 3.04. The normalized spacial score (nSPS) is 11.9. The first-order chi connectivity index (χ1) is 7.27. The molecule has 0 unspecified atom stereocenters. The predicted molar refractivity (Wildman–Crippen MR) is 67.4 cm³/mol. The molecule has 0 atom stereocenters. The van der Waals surface area contributed by atoms with E-state index >= 15 is 0 Å². The van der Waals surface area contributed by atoms with Gasteiger partial charge in [-0.2, -0.15) is 0 Å². The highest BCUT2D eigenvalue weighted by Crippen LogP contribution is 2.56. The largest absolute Gasteiger partial charge is 0.448 e. The molecule has 0 aliphatic carbocycles. The Labute approximate surface area is 104 Å². The number of fused-ring (bicyclic) bond motifs is 1. The molecular weight excluding hydrogens is 320 g/mol. The number of hydrogen-bond acceptors (Lipinski definition) is 1. The number of ether oxygens (including phenoxy) is 1. The lowest BCUT2D eigenvalue weighted by molar-refractivity contribution is 0.647. The third kappa shape index (κ3) is 1.50. The maximum Gasteiger partial charge on any atom is 0.185 e. The van der Waals surface area contributed by atoms with E-state index in [9.17, 15) is 0 Å². The summed E-state index contributed by atoms with van der Waals surface area (Å²) in [6.45, 7) is 0. The van der Waals surface area contributed by atoms with E-state index in [1.54, 1.807) is 0 Å². The van der Waals surface area contributed by atoms with E-state index in [1.165, 1.54) is 5.56 Å². The minimum absolute atomic E-state index is 0.946. The topological polar surface area (TPSA) is 12.5 Å². The van der Waals surface area contributed by atoms with Gasteiger partial charge in [-0.1, -0.05) is 30.3 Å². The quantitative estimate of drug-likeness (QED) is 0.574. The Morgan fingerprint density at radius 2 is 1.67 bits per heavy atom. The van der Waals surface area contributed by atoms with Crippen LogP contribution in [0.25, 0.3) is 11.1 Å². The van der Waals surface area contributed by atoms with Crippen LogP contribution in [0.5, 0.6) is 11.5 Å². The van der Waals surface area contributed by atoms with Crippen LogP contribution < -0.4 is 4.74 Å². The summed E-state index contributed by atoms with van der Waals surface area (Å²) in [5, 5.41) is 0. The molecule has 1 aliphatic heterocycles. The van der Waals surface area contributed by atoms with Gasteiger partial charge in [-0.05, 0) is 43.5 Å².